The molecule has 1 fully saturated rings. The minimum atomic E-state index is -3.42. The monoisotopic (exact) mass is 351 g/mol. The smallest absolute Gasteiger partial charge is 0.279 e. The van der Waals surface area contributed by atoms with Gasteiger partial charge in [-0.05, 0) is 36.8 Å². The summed E-state index contributed by atoms with van der Waals surface area (Å²) in [5.41, 5.74) is 2.21. The van der Waals surface area contributed by atoms with Crippen molar-refractivity contribution in [2.75, 3.05) is 33.4 Å². The van der Waals surface area contributed by atoms with Crippen molar-refractivity contribution < 1.29 is 13.2 Å². The normalized spacial score (nSPS) is 19.8. The van der Waals surface area contributed by atoms with Gasteiger partial charge in [0, 0.05) is 43.8 Å². The number of piperidine rings is 1. The molecule has 1 saturated heterocycles. The lowest BCUT2D eigenvalue weighted by Crippen LogP contribution is -2.47. The molecule has 1 unspecified atom stereocenters. The number of para-hydroxylation sites is 1. The first kappa shape index (κ1) is 17.4. The lowest BCUT2D eigenvalue weighted by molar-refractivity contribution is 0.118. The zero-order valence-corrected chi connectivity index (χ0v) is 14.8. The predicted molar refractivity (Wildman–Crippen MR) is 95.1 cm³/mol. The Hall–Kier alpha value is -1.41. The van der Waals surface area contributed by atoms with Crippen LogP contribution < -0.4 is 4.72 Å². The van der Waals surface area contributed by atoms with Gasteiger partial charge in [0.05, 0.1) is 6.61 Å². The van der Waals surface area contributed by atoms with E-state index >= 15 is 0 Å². The van der Waals surface area contributed by atoms with Crippen molar-refractivity contribution in [3.8, 4) is 0 Å². The van der Waals surface area contributed by atoms with Crippen LogP contribution in [0.3, 0.4) is 0 Å². The fourth-order valence-electron chi connectivity index (χ4n) is 3.36. The summed E-state index contributed by atoms with van der Waals surface area (Å²) in [5, 5.41) is 1.15. The molecule has 0 spiro atoms. The highest BCUT2D eigenvalue weighted by molar-refractivity contribution is 7.87. The fraction of sp³-hybridized carbons (Fsp3) is 0.529. The van der Waals surface area contributed by atoms with Crippen molar-refractivity contribution in [3.63, 3.8) is 0 Å². The molecule has 1 aliphatic heterocycles. The molecular formula is C17H25N3O3S. The van der Waals surface area contributed by atoms with E-state index in [0.717, 1.165) is 29.3 Å². The Bertz CT molecular complexity index is 770. The molecule has 1 atom stereocenters. The van der Waals surface area contributed by atoms with Gasteiger partial charge >= 0.3 is 0 Å². The van der Waals surface area contributed by atoms with Crippen LogP contribution >= 0.6 is 0 Å². The lowest BCUT2D eigenvalue weighted by atomic mass is 10.0. The van der Waals surface area contributed by atoms with Gasteiger partial charge < -0.3 is 9.72 Å². The molecule has 132 valence electrons. The van der Waals surface area contributed by atoms with E-state index in [4.69, 9.17) is 4.74 Å². The largest absolute Gasteiger partial charge is 0.384 e. The summed E-state index contributed by atoms with van der Waals surface area (Å²) in [6.45, 7) is 2.13. The molecule has 0 amide bonds. The first-order valence-corrected chi connectivity index (χ1v) is 9.83. The van der Waals surface area contributed by atoms with Crippen LogP contribution in [-0.2, 0) is 21.4 Å². The van der Waals surface area contributed by atoms with E-state index in [1.54, 1.807) is 11.4 Å². The number of methoxy groups -OCH3 is 1. The number of ether oxygens (including phenoxy) is 1. The summed E-state index contributed by atoms with van der Waals surface area (Å²) in [7, 11) is -1.76. The summed E-state index contributed by atoms with van der Waals surface area (Å²) in [6, 6.07) is 8.05. The van der Waals surface area contributed by atoms with Crippen molar-refractivity contribution in [2.45, 2.75) is 19.3 Å². The van der Waals surface area contributed by atoms with Crippen LogP contribution in [0.2, 0.25) is 0 Å². The number of fused-ring (bicyclic) bond motifs is 1. The molecule has 1 aliphatic rings. The van der Waals surface area contributed by atoms with Crippen molar-refractivity contribution in [3.05, 3.63) is 36.0 Å². The molecule has 0 bridgehead atoms. The fourth-order valence-corrected chi connectivity index (χ4v) is 4.68. The van der Waals surface area contributed by atoms with Gasteiger partial charge in [-0.1, -0.05) is 18.2 Å². The number of H-pyrrole nitrogens is 1. The van der Waals surface area contributed by atoms with Crippen molar-refractivity contribution in [2.24, 2.45) is 5.92 Å². The van der Waals surface area contributed by atoms with Crippen LogP contribution in [0.15, 0.2) is 30.5 Å². The van der Waals surface area contributed by atoms with Gasteiger partial charge in [0.25, 0.3) is 10.2 Å². The third-order valence-electron chi connectivity index (χ3n) is 4.58. The Morgan fingerprint density at radius 3 is 3.04 bits per heavy atom. The first-order valence-electron chi connectivity index (χ1n) is 8.39. The zero-order valence-electron chi connectivity index (χ0n) is 14.0. The molecule has 2 N–H and O–H groups in total. The maximum absolute atomic E-state index is 12.5. The van der Waals surface area contributed by atoms with E-state index < -0.39 is 10.2 Å². The van der Waals surface area contributed by atoms with Crippen LogP contribution in [0.1, 0.15) is 18.4 Å². The van der Waals surface area contributed by atoms with E-state index in [1.807, 2.05) is 24.4 Å². The van der Waals surface area contributed by atoms with Crippen LogP contribution in [0.25, 0.3) is 10.9 Å². The van der Waals surface area contributed by atoms with Crippen LogP contribution in [-0.4, -0.2) is 51.1 Å². The van der Waals surface area contributed by atoms with Crippen molar-refractivity contribution in [1.82, 2.24) is 14.0 Å². The maximum atomic E-state index is 12.5. The minimum absolute atomic E-state index is 0.286. The number of aromatic amines is 1. The molecule has 6 nitrogen and oxygen atoms in total. The Balaban J connectivity index is 1.57. The predicted octanol–water partition coefficient (Wildman–Crippen LogP) is 1.90. The van der Waals surface area contributed by atoms with Gasteiger partial charge in [0.15, 0.2) is 0 Å². The molecule has 7 heteroatoms. The first-order chi connectivity index (χ1) is 11.6. The summed E-state index contributed by atoms with van der Waals surface area (Å²) in [4.78, 5) is 3.22. The highest BCUT2D eigenvalue weighted by Crippen LogP contribution is 2.20. The molecular weight excluding hydrogens is 326 g/mol. The van der Waals surface area contributed by atoms with Gasteiger partial charge in [-0.15, -0.1) is 0 Å². The quantitative estimate of drug-likeness (QED) is 0.800. The third-order valence-corrected chi connectivity index (χ3v) is 6.16. The average Bonchev–Trinajstić information content (AvgIpc) is 2.99. The van der Waals surface area contributed by atoms with E-state index in [2.05, 4.69) is 15.8 Å². The topological polar surface area (TPSA) is 74.4 Å². The number of benzene rings is 1. The maximum Gasteiger partial charge on any atom is 0.279 e. The third kappa shape index (κ3) is 3.97. The van der Waals surface area contributed by atoms with E-state index in [9.17, 15) is 8.42 Å². The van der Waals surface area contributed by atoms with Crippen molar-refractivity contribution >= 4 is 21.1 Å². The van der Waals surface area contributed by atoms with Gasteiger partial charge in [-0.2, -0.15) is 12.7 Å². The standard InChI is InChI=1S/C17H25N3O3S/c1-23-13-14-5-4-10-20(12-14)24(21,22)19-9-8-15-11-18-17-7-3-2-6-16(15)17/h2-3,6-7,11,14,18-19H,4-5,8-10,12-13H2,1H3. The molecule has 2 aromatic rings. The SMILES string of the molecule is COCC1CCCN(S(=O)(=O)NCCc2c[nH]c3ccccc23)C1. The second-order valence-corrected chi connectivity index (χ2v) is 8.09. The number of rotatable bonds is 7. The second kappa shape index (κ2) is 7.65. The number of hydrogen-bond donors (Lipinski definition) is 2. The van der Waals surface area contributed by atoms with E-state index in [0.29, 0.717) is 32.7 Å². The summed E-state index contributed by atoms with van der Waals surface area (Å²) < 4.78 is 34.4. The second-order valence-electron chi connectivity index (χ2n) is 6.33. The van der Waals surface area contributed by atoms with Gasteiger partial charge in [-0.25, -0.2) is 4.72 Å². The van der Waals surface area contributed by atoms with Crippen LogP contribution in [0.5, 0.6) is 0 Å². The summed E-state index contributed by atoms with van der Waals surface area (Å²) >= 11 is 0. The molecule has 0 radical (unpaired) electrons. The molecule has 3 rings (SSSR count). The van der Waals surface area contributed by atoms with E-state index in [-0.39, 0.29) is 5.92 Å². The highest BCUT2D eigenvalue weighted by Gasteiger charge is 2.28. The van der Waals surface area contributed by atoms with Gasteiger partial charge in [0.2, 0.25) is 0 Å². The number of aromatic nitrogens is 1. The lowest BCUT2D eigenvalue weighted by Gasteiger charge is -2.31. The average molecular weight is 351 g/mol. The van der Waals surface area contributed by atoms with Crippen molar-refractivity contribution in [1.29, 1.82) is 0 Å². The van der Waals surface area contributed by atoms with E-state index in [1.165, 1.54) is 0 Å². The van der Waals surface area contributed by atoms with Crippen LogP contribution in [0, 0.1) is 5.92 Å². The number of hydrogen-bond acceptors (Lipinski definition) is 3. The zero-order chi connectivity index (χ0) is 17.0. The van der Waals surface area contributed by atoms with Gasteiger partial charge in [-0.3, -0.25) is 0 Å². The molecule has 0 aliphatic carbocycles. The molecule has 0 saturated carbocycles. The van der Waals surface area contributed by atoms with Gasteiger partial charge in [0.1, 0.15) is 0 Å². The molecule has 24 heavy (non-hydrogen) atoms. The number of nitrogens with zero attached hydrogens (tertiary/aromatic N) is 1. The summed E-state index contributed by atoms with van der Waals surface area (Å²) in [6.07, 6.45) is 4.53. The summed E-state index contributed by atoms with van der Waals surface area (Å²) in [5.74, 6) is 0.286. The Kier molecular flexibility index (Phi) is 5.55. The Labute approximate surface area is 143 Å². The Morgan fingerprint density at radius 1 is 1.38 bits per heavy atom. The number of nitrogens with one attached hydrogen (secondary N) is 2. The molecule has 1 aromatic carbocycles. The Morgan fingerprint density at radius 2 is 2.21 bits per heavy atom. The highest BCUT2D eigenvalue weighted by atomic mass is 32.2. The molecule has 2 heterocycles. The van der Waals surface area contributed by atoms with Crippen LogP contribution in [0.4, 0.5) is 0 Å². The molecule has 1 aromatic heterocycles. The minimum Gasteiger partial charge on any atom is -0.384 e.